The quantitative estimate of drug-likeness (QED) is 0.513. The van der Waals surface area contributed by atoms with Crippen molar-refractivity contribution >= 4 is 5.69 Å². The standard InChI is InChI=1S/C20H17FN.Li/c21-19-12-7-13-20(14-19)22(15-17-8-3-1-4-9-17)16-18-10-5-2-6-11-18;/h1-12,14H,15-16H2;/q-1;+1. The fourth-order valence-corrected chi connectivity index (χ4v) is 2.44. The molecule has 0 bridgehead atoms. The number of nitrogens with zero attached hydrogens (tertiary/aromatic N) is 1. The minimum atomic E-state index is -0.236. The van der Waals surface area contributed by atoms with Gasteiger partial charge < -0.3 is 4.90 Å². The molecule has 0 fully saturated rings. The Morgan fingerprint density at radius 1 is 0.783 bits per heavy atom. The van der Waals surface area contributed by atoms with Crippen LogP contribution in [0.15, 0.2) is 78.9 Å². The van der Waals surface area contributed by atoms with Crippen LogP contribution in [-0.4, -0.2) is 0 Å². The number of benzene rings is 3. The normalized spacial score (nSPS) is 9.96. The molecule has 0 aliphatic heterocycles. The first-order chi connectivity index (χ1) is 10.8. The van der Waals surface area contributed by atoms with E-state index in [1.165, 1.54) is 23.3 Å². The van der Waals surface area contributed by atoms with Crippen LogP contribution in [0, 0.1) is 11.9 Å². The summed E-state index contributed by atoms with van der Waals surface area (Å²) in [6, 6.07) is 28.1. The summed E-state index contributed by atoms with van der Waals surface area (Å²) >= 11 is 0. The predicted octanol–water partition coefficient (Wildman–Crippen LogP) is 1.84. The Morgan fingerprint density at radius 2 is 1.30 bits per heavy atom. The molecule has 0 amide bonds. The van der Waals surface area contributed by atoms with E-state index in [1.54, 1.807) is 6.07 Å². The molecule has 23 heavy (non-hydrogen) atoms. The van der Waals surface area contributed by atoms with Gasteiger partial charge >= 0.3 is 18.9 Å². The number of anilines is 1. The Bertz CT molecular complexity index is 674. The molecule has 0 heterocycles. The Kier molecular flexibility index (Phi) is 6.47. The maximum atomic E-state index is 13.6. The van der Waals surface area contributed by atoms with Gasteiger partial charge in [-0.15, -0.1) is 12.1 Å². The second kappa shape index (κ2) is 8.58. The van der Waals surface area contributed by atoms with E-state index in [9.17, 15) is 4.39 Å². The molecule has 0 aromatic heterocycles. The Labute approximate surface area is 148 Å². The van der Waals surface area contributed by atoms with E-state index in [0.717, 1.165) is 18.8 Å². The zero-order chi connectivity index (χ0) is 15.2. The van der Waals surface area contributed by atoms with E-state index in [-0.39, 0.29) is 24.7 Å². The predicted molar refractivity (Wildman–Crippen MR) is 88.0 cm³/mol. The van der Waals surface area contributed by atoms with Crippen molar-refractivity contribution in [3.8, 4) is 0 Å². The van der Waals surface area contributed by atoms with Gasteiger partial charge in [0.2, 0.25) is 0 Å². The fourth-order valence-electron chi connectivity index (χ4n) is 2.44. The van der Waals surface area contributed by atoms with E-state index in [4.69, 9.17) is 0 Å². The van der Waals surface area contributed by atoms with Gasteiger partial charge in [-0.25, -0.2) is 4.39 Å². The van der Waals surface area contributed by atoms with Crippen LogP contribution in [0.4, 0.5) is 10.1 Å². The molecule has 0 N–H and O–H groups in total. The van der Waals surface area contributed by atoms with Crippen LogP contribution in [-0.2, 0) is 13.1 Å². The van der Waals surface area contributed by atoms with E-state index in [1.807, 2.05) is 36.4 Å². The molecule has 0 spiro atoms. The summed E-state index contributed by atoms with van der Waals surface area (Å²) in [5.41, 5.74) is 3.15. The molecular weight excluding hydrogens is 280 g/mol. The largest absolute Gasteiger partial charge is 1.00 e. The molecule has 110 valence electrons. The minimum Gasteiger partial charge on any atom is -0.385 e. The maximum Gasteiger partial charge on any atom is 1.00 e. The van der Waals surface area contributed by atoms with Crippen LogP contribution in [0.3, 0.4) is 0 Å². The third-order valence-electron chi connectivity index (χ3n) is 3.52. The van der Waals surface area contributed by atoms with Crippen molar-refractivity contribution in [1.29, 1.82) is 0 Å². The van der Waals surface area contributed by atoms with Crippen LogP contribution >= 0.6 is 0 Å². The van der Waals surface area contributed by atoms with Gasteiger partial charge in [-0.1, -0.05) is 66.4 Å². The van der Waals surface area contributed by atoms with Crippen molar-refractivity contribution in [3.63, 3.8) is 0 Å². The van der Waals surface area contributed by atoms with Crippen molar-refractivity contribution in [2.45, 2.75) is 13.1 Å². The van der Waals surface area contributed by atoms with Gasteiger partial charge in [0, 0.05) is 18.9 Å². The van der Waals surface area contributed by atoms with Gasteiger partial charge in [0.05, 0.1) is 0 Å². The van der Waals surface area contributed by atoms with Gasteiger partial charge in [-0.3, -0.25) is 0 Å². The molecule has 3 heteroatoms. The summed E-state index contributed by atoms with van der Waals surface area (Å²) in [5, 5.41) is 0. The third-order valence-corrected chi connectivity index (χ3v) is 3.52. The average Bonchev–Trinajstić information content (AvgIpc) is 2.56. The average molecular weight is 297 g/mol. The Hall–Kier alpha value is -2.01. The monoisotopic (exact) mass is 297 g/mol. The summed E-state index contributed by atoms with van der Waals surface area (Å²) in [5.74, 6) is -0.236. The third kappa shape index (κ3) is 4.99. The Morgan fingerprint density at radius 3 is 1.78 bits per heavy atom. The topological polar surface area (TPSA) is 3.24 Å². The van der Waals surface area contributed by atoms with Crippen molar-refractivity contribution < 1.29 is 23.3 Å². The summed E-state index contributed by atoms with van der Waals surface area (Å²) in [4.78, 5) is 2.13. The van der Waals surface area contributed by atoms with E-state index < -0.39 is 0 Å². The van der Waals surface area contributed by atoms with Crippen LogP contribution in [0.1, 0.15) is 11.1 Å². The summed E-state index contributed by atoms with van der Waals surface area (Å²) in [6.45, 7) is 1.44. The summed E-state index contributed by atoms with van der Waals surface area (Å²) in [7, 11) is 0. The van der Waals surface area contributed by atoms with Crippen molar-refractivity contribution in [2.75, 3.05) is 4.90 Å². The van der Waals surface area contributed by atoms with Crippen molar-refractivity contribution in [3.05, 3.63) is 102 Å². The molecule has 0 saturated carbocycles. The van der Waals surface area contributed by atoms with Crippen molar-refractivity contribution in [2.24, 2.45) is 0 Å². The molecule has 3 rings (SSSR count). The van der Waals surface area contributed by atoms with Gasteiger partial charge in [0.25, 0.3) is 0 Å². The maximum absolute atomic E-state index is 13.6. The first kappa shape index (κ1) is 17.3. The molecule has 3 aromatic carbocycles. The van der Waals surface area contributed by atoms with E-state index in [2.05, 4.69) is 35.2 Å². The zero-order valence-electron chi connectivity index (χ0n) is 13.2. The minimum absolute atomic E-state index is 0. The summed E-state index contributed by atoms with van der Waals surface area (Å²) in [6.07, 6.45) is 0. The molecule has 0 aliphatic rings. The van der Waals surface area contributed by atoms with E-state index in [0.29, 0.717) is 0 Å². The second-order valence-electron chi connectivity index (χ2n) is 5.22. The number of hydrogen-bond acceptors (Lipinski definition) is 1. The fraction of sp³-hybridized carbons (Fsp3) is 0.100. The Balaban J connectivity index is 0.00000192. The smallest absolute Gasteiger partial charge is 0.385 e. The molecule has 3 aromatic rings. The van der Waals surface area contributed by atoms with Crippen LogP contribution in [0.2, 0.25) is 0 Å². The van der Waals surface area contributed by atoms with E-state index >= 15 is 0 Å². The van der Waals surface area contributed by atoms with Gasteiger partial charge in [-0.05, 0) is 11.1 Å². The van der Waals surface area contributed by atoms with Gasteiger partial charge in [-0.2, -0.15) is 12.1 Å². The number of hydrogen-bond donors (Lipinski definition) is 0. The van der Waals surface area contributed by atoms with Gasteiger partial charge in [0.1, 0.15) is 0 Å². The molecule has 0 atom stereocenters. The number of rotatable bonds is 5. The number of halogens is 1. The van der Waals surface area contributed by atoms with Crippen LogP contribution in [0.5, 0.6) is 0 Å². The SMILES string of the molecule is Fc1cc[c-]c(N(Cc2ccccc2)Cc2ccccc2)c1.[Li+]. The van der Waals surface area contributed by atoms with Crippen molar-refractivity contribution in [1.82, 2.24) is 0 Å². The molecule has 0 radical (unpaired) electrons. The molecular formula is C20H17FLiN. The summed E-state index contributed by atoms with van der Waals surface area (Å²) < 4.78 is 13.6. The molecule has 0 unspecified atom stereocenters. The van der Waals surface area contributed by atoms with Crippen LogP contribution < -0.4 is 23.8 Å². The first-order valence-electron chi connectivity index (χ1n) is 7.31. The first-order valence-corrected chi connectivity index (χ1v) is 7.31. The van der Waals surface area contributed by atoms with Gasteiger partial charge in [0.15, 0.2) is 0 Å². The molecule has 0 aliphatic carbocycles. The second-order valence-corrected chi connectivity index (χ2v) is 5.22. The zero-order valence-corrected chi connectivity index (χ0v) is 13.2. The van der Waals surface area contributed by atoms with Crippen LogP contribution in [0.25, 0.3) is 0 Å². The molecule has 0 saturated heterocycles. The molecule has 1 nitrogen and oxygen atoms in total.